The quantitative estimate of drug-likeness (QED) is 0.923. The highest BCUT2D eigenvalue weighted by Crippen LogP contribution is 2.22. The normalized spacial score (nSPS) is 14.2. The number of nitrogens with zero attached hydrogens (tertiary/aromatic N) is 3. The van der Waals surface area contributed by atoms with Gasteiger partial charge in [0.2, 0.25) is 0 Å². The number of urea groups is 1. The van der Waals surface area contributed by atoms with E-state index in [1.54, 1.807) is 13.3 Å². The van der Waals surface area contributed by atoms with Crippen molar-refractivity contribution in [3.05, 3.63) is 35.5 Å². The second kappa shape index (κ2) is 6.09. The molecule has 0 saturated heterocycles. The minimum absolute atomic E-state index is 0.0965. The Morgan fingerprint density at radius 3 is 2.86 bits per heavy atom. The number of carbonyl (C=O) groups is 1. The zero-order valence-corrected chi connectivity index (χ0v) is 12.5. The topological polar surface area (TPSA) is 67.3 Å². The third kappa shape index (κ3) is 3.13. The first kappa shape index (κ1) is 13.8. The van der Waals surface area contributed by atoms with E-state index in [1.165, 1.54) is 22.7 Å². The number of nitrogens with one attached hydrogen (secondary N) is 1. The highest BCUT2D eigenvalue weighted by Gasteiger charge is 2.19. The summed E-state index contributed by atoms with van der Waals surface area (Å²) in [6.45, 7) is 1.40. The molecule has 0 fully saturated rings. The fourth-order valence-electron chi connectivity index (χ4n) is 2.44. The summed E-state index contributed by atoms with van der Waals surface area (Å²) in [6, 6.07) is 6.02. The molecule has 7 heteroatoms. The van der Waals surface area contributed by atoms with Gasteiger partial charge in [-0.25, -0.2) is 4.79 Å². The predicted octanol–water partition coefficient (Wildman–Crippen LogP) is 2.18. The van der Waals surface area contributed by atoms with Crippen LogP contribution in [0.1, 0.15) is 11.1 Å². The molecule has 3 rings (SSSR count). The van der Waals surface area contributed by atoms with Gasteiger partial charge in [0, 0.05) is 24.6 Å². The number of methoxy groups -OCH3 is 1. The molecule has 110 valence electrons. The lowest BCUT2D eigenvalue weighted by Crippen LogP contribution is -2.36. The van der Waals surface area contributed by atoms with Crippen LogP contribution < -0.4 is 10.1 Å². The third-order valence-corrected chi connectivity index (χ3v) is 4.17. The Balaban J connectivity index is 1.68. The van der Waals surface area contributed by atoms with Crippen LogP contribution >= 0.6 is 11.5 Å². The van der Waals surface area contributed by atoms with Crippen LogP contribution in [0.3, 0.4) is 0 Å². The van der Waals surface area contributed by atoms with Crippen LogP contribution in [0.4, 0.5) is 9.80 Å². The van der Waals surface area contributed by atoms with Gasteiger partial charge in [-0.15, -0.1) is 5.10 Å². The second-order valence-corrected chi connectivity index (χ2v) is 5.62. The van der Waals surface area contributed by atoms with Gasteiger partial charge in [0.1, 0.15) is 10.8 Å². The van der Waals surface area contributed by atoms with Crippen molar-refractivity contribution in [1.82, 2.24) is 14.5 Å². The molecule has 0 aliphatic carbocycles. The Morgan fingerprint density at radius 2 is 2.14 bits per heavy atom. The van der Waals surface area contributed by atoms with E-state index in [0.29, 0.717) is 18.1 Å². The predicted molar refractivity (Wildman–Crippen MR) is 80.9 cm³/mol. The first-order valence-corrected chi connectivity index (χ1v) is 7.52. The number of carbonyl (C=O) groups excluding carboxylic acids is 1. The van der Waals surface area contributed by atoms with Crippen molar-refractivity contribution in [3.8, 4) is 5.75 Å². The molecule has 2 heterocycles. The van der Waals surface area contributed by atoms with Crippen molar-refractivity contribution < 1.29 is 9.53 Å². The van der Waals surface area contributed by atoms with Gasteiger partial charge >= 0.3 is 6.03 Å². The summed E-state index contributed by atoms with van der Waals surface area (Å²) < 4.78 is 9.00. The lowest BCUT2D eigenvalue weighted by atomic mass is 10.0. The smallest absolute Gasteiger partial charge is 0.322 e. The summed E-state index contributed by atoms with van der Waals surface area (Å²) >= 11 is 1.18. The fraction of sp³-hybridized carbons (Fsp3) is 0.357. The Bertz CT molecular complexity index is 630. The van der Waals surface area contributed by atoms with Gasteiger partial charge in [0.05, 0.1) is 13.3 Å². The number of anilines is 1. The molecule has 1 N–H and O–H groups in total. The number of amides is 2. The lowest BCUT2D eigenvalue weighted by Gasteiger charge is -2.19. The number of ether oxygens (including phenoxy) is 1. The number of rotatable bonds is 2. The summed E-state index contributed by atoms with van der Waals surface area (Å²) in [5.41, 5.74) is 2.54. The van der Waals surface area contributed by atoms with Crippen LogP contribution in [-0.2, 0) is 12.8 Å². The van der Waals surface area contributed by atoms with Crippen LogP contribution in [0.25, 0.3) is 0 Å². The van der Waals surface area contributed by atoms with Crippen LogP contribution in [0.2, 0.25) is 0 Å². The first-order chi connectivity index (χ1) is 10.3. The van der Waals surface area contributed by atoms with Crippen molar-refractivity contribution in [1.29, 1.82) is 0 Å². The molecule has 0 spiro atoms. The molecule has 0 bridgehead atoms. The summed E-state index contributed by atoms with van der Waals surface area (Å²) in [5.74, 6) is 0.863. The standard InChI is InChI=1S/C14H16N4O2S/c1-20-12-3-2-10-4-6-18(7-5-11(10)8-12)14(19)16-13-9-15-17-21-13/h2-3,8-9H,4-7H2,1H3,(H,16,19). The van der Waals surface area contributed by atoms with E-state index in [1.807, 2.05) is 11.0 Å². The molecule has 0 unspecified atom stereocenters. The monoisotopic (exact) mass is 304 g/mol. The number of fused-ring (bicyclic) bond motifs is 1. The van der Waals surface area contributed by atoms with E-state index >= 15 is 0 Å². The summed E-state index contributed by atoms with van der Waals surface area (Å²) in [5, 5.41) is 7.21. The van der Waals surface area contributed by atoms with Crippen molar-refractivity contribution in [2.75, 3.05) is 25.5 Å². The van der Waals surface area contributed by atoms with Crippen molar-refractivity contribution in [2.45, 2.75) is 12.8 Å². The Kier molecular flexibility index (Phi) is 4.01. The Morgan fingerprint density at radius 1 is 1.33 bits per heavy atom. The first-order valence-electron chi connectivity index (χ1n) is 6.75. The van der Waals surface area contributed by atoms with Crippen molar-refractivity contribution >= 4 is 22.6 Å². The molecule has 6 nitrogen and oxygen atoms in total. The second-order valence-electron chi connectivity index (χ2n) is 4.83. The molecule has 21 heavy (non-hydrogen) atoms. The van der Waals surface area contributed by atoms with E-state index in [0.717, 1.165) is 18.6 Å². The minimum Gasteiger partial charge on any atom is -0.497 e. The fourth-order valence-corrected chi connectivity index (χ4v) is 2.85. The van der Waals surface area contributed by atoms with Crippen LogP contribution in [0.15, 0.2) is 24.4 Å². The number of hydrogen-bond donors (Lipinski definition) is 1. The number of aromatic nitrogens is 2. The maximum absolute atomic E-state index is 12.2. The lowest BCUT2D eigenvalue weighted by molar-refractivity contribution is 0.214. The zero-order valence-electron chi connectivity index (χ0n) is 11.7. The SMILES string of the molecule is COc1ccc2c(c1)CCN(C(=O)Nc1cnns1)CC2. The molecule has 2 amide bonds. The molecule has 2 aromatic rings. The number of benzene rings is 1. The van der Waals surface area contributed by atoms with Gasteiger partial charge in [0.15, 0.2) is 0 Å². The van der Waals surface area contributed by atoms with E-state index in [4.69, 9.17) is 4.74 Å². The minimum atomic E-state index is -0.0965. The van der Waals surface area contributed by atoms with Gasteiger partial charge in [-0.05, 0) is 36.1 Å². The van der Waals surface area contributed by atoms with E-state index in [2.05, 4.69) is 27.0 Å². The van der Waals surface area contributed by atoms with E-state index < -0.39 is 0 Å². The van der Waals surface area contributed by atoms with Gasteiger partial charge in [-0.3, -0.25) is 5.32 Å². The summed E-state index contributed by atoms with van der Waals surface area (Å²) in [6.07, 6.45) is 3.24. The van der Waals surface area contributed by atoms with Crippen LogP contribution in [-0.4, -0.2) is 40.7 Å². The van der Waals surface area contributed by atoms with Crippen LogP contribution in [0, 0.1) is 0 Å². The van der Waals surface area contributed by atoms with Gasteiger partial charge in [-0.1, -0.05) is 10.6 Å². The molecule has 1 aliphatic heterocycles. The molecule has 0 saturated carbocycles. The molecular weight excluding hydrogens is 288 g/mol. The average molecular weight is 304 g/mol. The molecule has 0 atom stereocenters. The highest BCUT2D eigenvalue weighted by atomic mass is 32.1. The molecular formula is C14H16N4O2S. The summed E-state index contributed by atoms with van der Waals surface area (Å²) in [7, 11) is 1.67. The molecule has 1 aromatic carbocycles. The number of hydrogen-bond acceptors (Lipinski definition) is 5. The van der Waals surface area contributed by atoms with Gasteiger partial charge in [-0.2, -0.15) is 0 Å². The Labute approximate surface area is 126 Å². The zero-order chi connectivity index (χ0) is 14.7. The van der Waals surface area contributed by atoms with Gasteiger partial charge in [0.25, 0.3) is 0 Å². The largest absolute Gasteiger partial charge is 0.497 e. The molecule has 1 aromatic heterocycles. The van der Waals surface area contributed by atoms with E-state index in [9.17, 15) is 4.79 Å². The Hall–Kier alpha value is -2.15. The summed E-state index contributed by atoms with van der Waals surface area (Å²) in [4.78, 5) is 14.1. The highest BCUT2D eigenvalue weighted by molar-refractivity contribution is 7.10. The van der Waals surface area contributed by atoms with E-state index in [-0.39, 0.29) is 6.03 Å². The van der Waals surface area contributed by atoms with Crippen molar-refractivity contribution in [3.63, 3.8) is 0 Å². The molecule has 1 aliphatic rings. The van der Waals surface area contributed by atoms with Gasteiger partial charge < -0.3 is 9.64 Å². The molecule has 0 radical (unpaired) electrons. The maximum atomic E-state index is 12.2. The maximum Gasteiger partial charge on any atom is 0.322 e. The third-order valence-electron chi connectivity index (χ3n) is 3.59. The van der Waals surface area contributed by atoms with Crippen LogP contribution in [0.5, 0.6) is 5.75 Å². The van der Waals surface area contributed by atoms with Crippen molar-refractivity contribution in [2.24, 2.45) is 0 Å². The average Bonchev–Trinajstić information content (AvgIpc) is 2.91.